The third-order valence-electron chi connectivity index (χ3n) is 2.21. The lowest BCUT2D eigenvalue weighted by Crippen LogP contribution is -2.06. The van der Waals surface area contributed by atoms with E-state index in [2.05, 4.69) is 27.9 Å². The molecule has 0 spiro atoms. The van der Waals surface area contributed by atoms with E-state index in [-0.39, 0.29) is 0 Å². The van der Waals surface area contributed by atoms with E-state index in [1.807, 2.05) is 12.1 Å². The molecule has 0 saturated carbocycles. The fourth-order valence-corrected chi connectivity index (χ4v) is 2.23. The number of rotatable bonds is 0. The molecule has 2 nitrogen and oxygen atoms in total. The lowest BCUT2D eigenvalue weighted by molar-refractivity contribution is 1.15. The first kappa shape index (κ1) is 7.09. The van der Waals surface area contributed by atoms with Crippen molar-refractivity contribution in [3.05, 3.63) is 34.7 Å². The van der Waals surface area contributed by atoms with Crippen molar-refractivity contribution in [3.8, 4) is 11.3 Å². The van der Waals surface area contributed by atoms with E-state index in [1.54, 1.807) is 11.3 Å². The average molecular weight is 187 g/mol. The first-order valence-corrected chi connectivity index (χ1v) is 4.96. The monoisotopic (exact) mass is 187 g/mol. The molecule has 1 N–H and O–H groups in total. The number of hydrogen-bond acceptors (Lipinski definition) is 3. The summed E-state index contributed by atoms with van der Waals surface area (Å²) in [5.41, 5.74) is 6.40. The Morgan fingerprint density at radius 1 is 1.38 bits per heavy atom. The van der Waals surface area contributed by atoms with Gasteiger partial charge in [-0.25, -0.2) is 4.98 Å². The molecular weight excluding hydrogens is 180 g/mol. The van der Waals surface area contributed by atoms with Crippen LogP contribution in [0.5, 0.6) is 0 Å². The molecular formula is C10H7N2S. The van der Waals surface area contributed by atoms with Crippen LogP contribution in [-0.4, -0.2) is 4.98 Å². The maximum atomic E-state index is 4.25. The highest BCUT2D eigenvalue weighted by molar-refractivity contribution is 7.09. The lowest BCUT2D eigenvalue weighted by atomic mass is 10.1. The second-order valence-electron chi connectivity index (χ2n) is 2.98. The van der Waals surface area contributed by atoms with Crippen LogP contribution in [-0.2, 0) is 6.54 Å². The van der Waals surface area contributed by atoms with Gasteiger partial charge >= 0.3 is 0 Å². The van der Waals surface area contributed by atoms with E-state index in [9.17, 15) is 0 Å². The molecule has 2 aromatic rings. The van der Waals surface area contributed by atoms with Gasteiger partial charge in [0.2, 0.25) is 0 Å². The molecule has 1 aliphatic rings. The average Bonchev–Trinajstić information content (AvgIpc) is 2.65. The first-order valence-electron chi connectivity index (χ1n) is 4.14. The maximum Gasteiger partial charge on any atom is 0.153 e. The smallest absolute Gasteiger partial charge is 0.153 e. The standard InChI is InChI=1S/C10H7N2S/c1-2-4-8-7(3-1)10-9(5-11-8)13-6-12-10/h1-4,11H,5H2. The van der Waals surface area contributed by atoms with E-state index in [0.717, 1.165) is 12.2 Å². The highest BCUT2D eigenvalue weighted by Gasteiger charge is 2.16. The summed E-state index contributed by atoms with van der Waals surface area (Å²) in [5, 5.41) is 3.36. The third-order valence-corrected chi connectivity index (χ3v) is 2.98. The largest absolute Gasteiger partial charge is 0.380 e. The molecule has 1 aliphatic heterocycles. The Morgan fingerprint density at radius 3 is 3.31 bits per heavy atom. The Kier molecular flexibility index (Phi) is 1.40. The zero-order valence-corrected chi connectivity index (χ0v) is 7.69. The molecule has 1 aromatic carbocycles. The molecule has 0 fully saturated rings. The highest BCUT2D eigenvalue weighted by atomic mass is 32.1. The van der Waals surface area contributed by atoms with Crippen molar-refractivity contribution in [2.45, 2.75) is 6.54 Å². The molecule has 2 heterocycles. The van der Waals surface area contributed by atoms with Crippen LogP contribution in [0.15, 0.2) is 24.3 Å². The zero-order valence-electron chi connectivity index (χ0n) is 6.87. The molecule has 0 saturated heterocycles. The van der Waals surface area contributed by atoms with Crippen LogP contribution in [0.4, 0.5) is 5.69 Å². The molecule has 1 aromatic heterocycles. The topological polar surface area (TPSA) is 24.9 Å². The van der Waals surface area contributed by atoms with Gasteiger partial charge in [0.05, 0.1) is 17.1 Å². The Morgan fingerprint density at radius 2 is 2.31 bits per heavy atom. The molecule has 0 bridgehead atoms. The molecule has 63 valence electrons. The molecule has 13 heavy (non-hydrogen) atoms. The summed E-state index contributed by atoms with van der Waals surface area (Å²) in [6, 6.07) is 8.24. The predicted molar refractivity (Wildman–Crippen MR) is 53.7 cm³/mol. The van der Waals surface area contributed by atoms with Crippen molar-refractivity contribution in [1.82, 2.24) is 4.98 Å². The van der Waals surface area contributed by atoms with E-state index in [1.165, 1.54) is 16.1 Å². The Hall–Kier alpha value is -1.35. The van der Waals surface area contributed by atoms with Crippen molar-refractivity contribution >= 4 is 17.0 Å². The van der Waals surface area contributed by atoms with Gasteiger partial charge in [-0.3, -0.25) is 0 Å². The molecule has 3 heteroatoms. The maximum absolute atomic E-state index is 4.25. The van der Waals surface area contributed by atoms with Gasteiger partial charge in [-0.15, -0.1) is 11.3 Å². The van der Waals surface area contributed by atoms with Crippen LogP contribution in [0.1, 0.15) is 4.88 Å². The summed E-state index contributed by atoms with van der Waals surface area (Å²) in [4.78, 5) is 5.53. The van der Waals surface area contributed by atoms with Gasteiger partial charge in [0.15, 0.2) is 5.51 Å². The van der Waals surface area contributed by atoms with Gasteiger partial charge in [0, 0.05) is 11.3 Å². The van der Waals surface area contributed by atoms with Crippen LogP contribution < -0.4 is 5.32 Å². The fourth-order valence-electron chi connectivity index (χ4n) is 1.58. The number of hydrogen-bond donors (Lipinski definition) is 1. The van der Waals surface area contributed by atoms with Crippen molar-refractivity contribution in [2.75, 3.05) is 5.32 Å². The number of fused-ring (bicyclic) bond motifs is 3. The number of thiazole rings is 1. The molecule has 0 aliphatic carbocycles. The minimum atomic E-state index is 0.882. The summed E-state index contributed by atoms with van der Waals surface area (Å²) in [6.45, 7) is 0.882. The summed E-state index contributed by atoms with van der Waals surface area (Å²) in [5.74, 6) is 0. The second kappa shape index (κ2) is 2.57. The van der Waals surface area contributed by atoms with Crippen LogP contribution in [0.3, 0.4) is 0 Å². The second-order valence-corrected chi connectivity index (χ2v) is 3.86. The highest BCUT2D eigenvalue weighted by Crippen LogP contribution is 2.35. The molecule has 1 radical (unpaired) electrons. The van der Waals surface area contributed by atoms with Crippen molar-refractivity contribution < 1.29 is 0 Å². The molecule has 0 unspecified atom stereocenters. The minimum absolute atomic E-state index is 0.882. The molecule has 0 atom stereocenters. The van der Waals surface area contributed by atoms with Gasteiger partial charge < -0.3 is 5.32 Å². The summed E-state index contributed by atoms with van der Waals surface area (Å²) in [7, 11) is 0. The SMILES string of the molecule is [c]1nc2c(s1)CNc1ccccc1-2. The summed E-state index contributed by atoms with van der Waals surface area (Å²) >= 11 is 1.59. The molecule has 3 rings (SSSR count). The third kappa shape index (κ3) is 0.971. The van der Waals surface area contributed by atoms with E-state index < -0.39 is 0 Å². The van der Waals surface area contributed by atoms with Crippen molar-refractivity contribution in [1.29, 1.82) is 0 Å². The predicted octanol–water partition coefficient (Wildman–Crippen LogP) is 2.54. The number of para-hydroxylation sites is 1. The van der Waals surface area contributed by atoms with Crippen molar-refractivity contribution in [2.24, 2.45) is 0 Å². The van der Waals surface area contributed by atoms with Crippen molar-refractivity contribution in [3.63, 3.8) is 0 Å². The zero-order chi connectivity index (χ0) is 8.67. The van der Waals surface area contributed by atoms with E-state index >= 15 is 0 Å². The quantitative estimate of drug-likeness (QED) is 0.685. The number of benzene rings is 1. The number of nitrogens with one attached hydrogen (secondary N) is 1. The van der Waals surface area contributed by atoms with Gasteiger partial charge in [0.1, 0.15) is 0 Å². The van der Waals surface area contributed by atoms with Gasteiger partial charge in [0.25, 0.3) is 0 Å². The Bertz CT molecular complexity index is 448. The minimum Gasteiger partial charge on any atom is -0.380 e. The van der Waals surface area contributed by atoms with Crippen LogP contribution >= 0.6 is 11.3 Å². The van der Waals surface area contributed by atoms with E-state index in [4.69, 9.17) is 0 Å². The molecule has 0 amide bonds. The fraction of sp³-hybridized carbons (Fsp3) is 0.100. The van der Waals surface area contributed by atoms with E-state index in [0.29, 0.717) is 0 Å². The summed E-state index contributed by atoms with van der Waals surface area (Å²) in [6.07, 6.45) is 0. The van der Waals surface area contributed by atoms with Crippen LogP contribution in [0.25, 0.3) is 11.3 Å². The Labute approximate surface area is 80.3 Å². The van der Waals surface area contributed by atoms with Gasteiger partial charge in [-0.05, 0) is 6.07 Å². The number of aromatic nitrogens is 1. The Balaban J connectivity index is 2.30. The van der Waals surface area contributed by atoms with Crippen LogP contribution in [0, 0.1) is 5.51 Å². The lowest BCUT2D eigenvalue weighted by Gasteiger charge is -2.16. The number of anilines is 1. The van der Waals surface area contributed by atoms with Gasteiger partial charge in [-0.2, -0.15) is 0 Å². The van der Waals surface area contributed by atoms with Gasteiger partial charge in [-0.1, -0.05) is 18.2 Å². The normalized spacial score (nSPS) is 12.9. The summed E-state index contributed by atoms with van der Waals surface area (Å²) < 4.78 is 0. The first-order chi connectivity index (χ1) is 6.45. The number of nitrogens with zero attached hydrogens (tertiary/aromatic N) is 1. The van der Waals surface area contributed by atoms with Crippen LogP contribution in [0.2, 0.25) is 0 Å².